The Bertz CT molecular complexity index is 1010. The molecule has 1 aromatic carbocycles. The molecule has 0 aliphatic carbocycles. The maximum absolute atomic E-state index is 11.7. The van der Waals surface area contributed by atoms with E-state index in [0.717, 1.165) is 80.3 Å². The number of halogens is 1. The third-order valence-electron chi connectivity index (χ3n) is 8.42. The number of rotatable bonds is 13. The van der Waals surface area contributed by atoms with E-state index in [2.05, 4.69) is 69.7 Å². The van der Waals surface area contributed by atoms with Crippen molar-refractivity contribution in [3.05, 3.63) is 41.7 Å². The Morgan fingerprint density at radius 3 is 2.85 bits per heavy atom. The van der Waals surface area contributed by atoms with Gasteiger partial charge in [0.2, 0.25) is 0 Å². The minimum Gasteiger partial charge on any atom is -0.598 e. The zero-order valence-electron chi connectivity index (χ0n) is 23.9. The number of allylic oxidation sites excluding steroid dienone is 1. The predicted molar refractivity (Wildman–Crippen MR) is 172 cm³/mol. The summed E-state index contributed by atoms with van der Waals surface area (Å²) < 4.78 is 20.2. The Kier molecular flexibility index (Phi) is 12.0. The van der Waals surface area contributed by atoms with Gasteiger partial charge in [-0.05, 0) is 75.1 Å². The van der Waals surface area contributed by atoms with Crippen molar-refractivity contribution in [1.82, 2.24) is 9.21 Å². The fraction of sp³-hybridized carbons (Fsp3) is 0.667. The van der Waals surface area contributed by atoms with E-state index in [9.17, 15) is 4.55 Å². The molecule has 3 heterocycles. The molecule has 1 aromatic rings. The molecule has 216 valence electrons. The summed E-state index contributed by atoms with van der Waals surface area (Å²) >= 11 is 1.43. The van der Waals surface area contributed by atoms with Crippen LogP contribution in [0, 0.1) is 23.2 Å². The second kappa shape index (κ2) is 15.2. The standard InChI is InChI=1S/C30H46IN5O2S/c1-23(8-4-5-16-35(21-31)39(3)37)13-14-25-9-6-10-26(20-25)36-17-15-28-27(24(2)32)11-7-12-29(33-30(28)36)34-18-19-38-22-34/h6,9-10,12,20,23,27-28,32H,4-5,7-8,11,13-19,21-22H2,1-3H3/b29-12+,32-24?,33-30?/t23?,27-,28?,39?/m1/s1. The third kappa shape index (κ3) is 8.44. The maximum atomic E-state index is 11.7. The Morgan fingerprint density at radius 1 is 1.28 bits per heavy atom. The molecule has 7 nitrogen and oxygen atoms in total. The van der Waals surface area contributed by atoms with E-state index in [1.54, 1.807) is 6.26 Å². The lowest BCUT2D eigenvalue weighted by molar-refractivity contribution is 0.156. The van der Waals surface area contributed by atoms with Crippen LogP contribution < -0.4 is 4.90 Å². The summed E-state index contributed by atoms with van der Waals surface area (Å²) in [5.41, 5.74) is 3.39. The topological polar surface area (TPSA) is 78.2 Å². The molecule has 0 aromatic heterocycles. The van der Waals surface area contributed by atoms with Crippen LogP contribution in [0.15, 0.2) is 41.2 Å². The first kappa shape index (κ1) is 30.8. The quantitative estimate of drug-likeness (QED) is 0.0676. The first-order valence-corrected chi connectivity index (χ1v) is 17.6. The molecule has 4 atom stereocenters. The van der Waals surface area contributed by atoms with E-state index in [1.807, 2.05) is 11.2 Å². The van der Waals surface area contributed by atoms with Crippen molar-refractivity contribution < 1.29 is 9.29 Å². The number of aliphatic imine (C=N–C) groups is 1. The van der Waals surface area contributed by atoms with Gasteiger partial charge < -0.3 is 24.5 Å². The average molecular weight is 668 g/mol. The highest BCUT2D eigenvalue weighted by atomic mass is 127. The fourth-order valence-electron chi connectivity index (χ4n) is 6.04. The van der Waals surface area contributed by atoms with Gasteiger partial charge in [-0.15, -0.1) is 4.31 Å². The summed E-state index contributed by atoms with van der Waals surface area (Å²) in [6.45, 7) is 8.47. The normalized spacial score (nSPS) is 24.6. The molecule has 1 N–H and O–H groups in total. The van der Waals surface area contributed by atoms with Gasteiger partial charge in [-0.25, -0.2) is 4.99 Å². The van der Waals surface area contributed by atoms with Gasteiger partial charge in [0.25, 0.3) is 0 Å². The number of amidine groups is 1. The molecule has 3 aliphatic heterocycles. The van der Waals surface area contributed by atoms with Crippen molar-refractivity contribution in [3.8, 4) is 0 Å². The number of nitrogens with zero attached hydrogens (tertiary/aromatic N) is 4. The van der Waals surface area contributed by atoms with Crippen molar-refractivity contribution in [2.45, 2.75) is 65.2 Å². The van der Waals surface area contributed by atoms with Crippen molar-refractivity contribution in [2.24, 2.45) is 22.7 Å². The number of anilines is 1. The monoisotopic (exact) mass is 667 g/mol. The van der Waals surface area contributed by atoms with Crippen molar-refractivity contribution >= 4 is 51.2 Å². The van der Waals surface area contributed by atoms with E-state index in [1.165, 1.54) is 30.5 Å². The number of nitrogens with one attached hydrogen (secondary N) is 1. The number of aryl methyl sites for hydroxylation is 1. The number of hydrogen-bond acceptors (Lipinski definition) is 7. The highest BCUT2D eigenvalue weighted by Crippen LogP contribution is 2.36. The minimum absolute atomic E-state index is 0.256. The zero-order chi connectivity index (χ0) is 27.8. The van der Waals surface area contributed by atoms with E-state index in [-0.39, 0.29) is 5.92 Å². The van der Waals surface area contributed by atoms with Crippen LogP contribution in [0.2, 0.25) is 0 Å². The highest BCUT2D eigenvalue weighted by Gasteiger charge is 2.38. The van der Waals surface area contributed by atoms with Gasteiger partial charge in [-0.2, -0.15) is 0 Å². The molecule has 0 radical (unpaired) electrons. The number of benzene rings is 1. The molecule has 4 rings (SSSR count). The Hall–Kier alpha value is -1.14. The van der Waals surface area contributed by atoms with Crippen LogP contribution in [0.1, 0.15) is 64.4 Å². The van der Waals surface area contributed by atoms with Gasteiger partial charge in [0.1, 0.15) is 24.6 Å². The predicted octanol–water partition coefficient (Wildman–Crippen LogP) is 6.22. The summed E-state index contributed by atoms with van der Waals surface area (Å²) in [5.74, 6) is 3.39. The van der Waals surface area contributed by atoms with Gasteiger partial charge >= 0.3 is 0 Å². The fourth-order valence-corrected chi connectivity index (χ4v) is 8.08. The molecule has 3 unspecified atom stereocenters. The van der Waals surface area contributed by atoms with Gasteiger partial charge in [-0.1, -0.05) is 54.5 Å². The lowest BCUT2D eigenvalue weighted by atomic mass is 9.83. The Balaban J connectivity index is 1.40. The number of fused-ring (bicyclic) bond motifs is 1. The van der Waals surface area contributed by atoms with E-state index >= 15 is 0 Å². The lowest BCUT2D eigenvalue weighted by Gasteiger charge is -2.29. The van der Waals surface area contributed by atoms with Crippen LogP contribution in [0.5, 0.6) is 0 Å². The van der Waals surface area contributed by atoms with Gasteiger partial charge in [0, 0.05) is 54.2 Å². The van der Waals surface area contributed by atoms with Gasteiger partial charge in [0.05, 0.1) is 11.2 Å². The number of unbranched alkanes of at least 4 members (excludes halogenated alkanes) is 1. The molecular weight excluding hydrogens is 621 g/mol. The Labute approximate surface area is 252 Å². The summed E-state index contributed by atoms with van der Waals surface area (Å²) in [6, 6.07) is 9.04. The molecule has 0 saturated carbocycles. The number of hydrogen-bond donors (Lipinski definition) is 1. The summed E-state index contributed by atoms with van der Waals surface area (Å²) in [6.07, 6.45) is 12.8. The molecule has 0 amide bonds. The van der Waals surface area contributed by atoms with E-state index in [4.69, 9.17) is 15.1 Å². The minimum atomic E-state index is -0.869. The summed E-state index contributed by atoms with van der Waals surface area (Å²) in [7, 11) is 0. The van der Waals surface area contributed by atoms with Gasteiger partial charge in [0.15, 0.2) is 0 Å². The first-order valence-electron chi connectivity index (χ1n) is 14.5. The lowest BCUT2D eigenvalue weighted by Crippen LogP contribution is -2.34. The van der Waals surface area contributed by atoms with E-state index in [0.29, 0.717) is 18.6 Å². The molecule has 2 saturated heterocycles. The first-order chi connectivity index (χ1) is 18.9. The zero-order valence-corrected chi connectivity index (χ0v) is 26.9. The van der Waals surface area contributed by atoms with Gasteiger partial charge in [-0.3, -0.25) is 0 Å². The summed E-state index contributed by atoms with van der Waals surface area (Å²) in [4.78, 5) is 9.94. The smallest absolute Gasteiger partial charge is 0.128 e. The molecule has 39 heavy (non-hydrogen) atoms. The van der Waals surface area contributed by atoms with E-state index < -0.39 is 11.4 Å². The molecule has 3 aliphatic rings. The average Bonchev–Trinajstić information content (AvgIpc) is 3.58. The molecule has 0 bridgehead atoms. The Morgan fingerprint density at radius 2 is 2.13 bits per heavy atom. The van der Waals surface area contributed by atoms with Crippen molar-refractivity contribution in [3.63, 3.8) is 0 Å². The van der Waals surface area contributed by atoms with Crippen LogP contribution in [0.4, 0.5) is 5.69 Å². The van der Waals surface area contributed by atoms with Crippen LogP contribution in [-0.2, 0) is 22.5 Å². The molecule has 2 fully saturated rings. The second-order valence-corrected chi connectivity index (χ2v) is 13.4. The number of alkyl halides is 1. The molecule has 0 spiro atoms. The van der Waals surface area contributed by atoms with Crippen LogP contribution in [-0.4, -0.2) is 69.1 Å². The largest absolute Gasteiger partial charge is 0.598 e. The highest BCUT2D eigenvalue weighted by molar-refractivity contribution is 14.1. The van der Waals surface area contributed by atoms with Crippen molar-refractivity contribution in [1.29, 1.82) is 5.41 Å². The SMILES string of the molecule is CC(=N)[C@H]1CC/C=C(/N2CCOC2)N=C2C1CCN2c1cccc(CCC(C)CCCCN(CI)[S+](C)[O-])c1. The second-order valence-electron chi connectivity index (χ2n) is 11.3. The number of ether oxygens (including phenoxy) is 1. The van der Waals surface area contributed by atoms with Crippen LogP contribution in [0.3, 0.4) is 0 Å². The third-order valence-corrected chi connectivity index (χ3v) is 10.7. The van der Waals surface area contributed by atoms with Crippen molar-refractivity contribution in [2.75, 3.05) is 48.7 Å². The molecule has 9 heteroatoms. The van der Waals surface area contributed by atoms with Crippen LogP contribution in [0.25, 0.3) is 0 Å². The molecular formula is C30H46IN5O2S. The summed E-state index contributed by atoms with van der Waals surface area (Å²) in [5, 5.41) is 8.49. The van der Waals surface area contributed by atoms with Crippen LogP contribution >= 0.6 is 22.6 Å². The maximum Gasteiger partial charge on any atom is 0.128 e.